The average molecular weight is 211 g/mol. The fourth-order valence-electron chi connectivity index (χ4n) is 0.547. The van der Waals surface area contributed by atoms with Crippen LogP contribution in [-0.4, -0.2) is 8.32 Å². The van der Waals surface area contributed by atoms with Crippen molar-refractivity contribution >= 4 is 8.32 Å². The first-order valence-corrected chi connectivity index (χ1v) is 7.85. The molecule has 3 heteroatoms. The molecule has 0 aromatic carbocycles. The van der Waals surface area contributed by atoms with Crippen LogP contribution in [0.4, 0.5) is 0 Å². The van der Waals surface area contributed by atoms with Crippen molar-refractivity contribution < 1.29 is 4.43 Å². The van der Waals surface area contributed by atoms with E-state index in [0.29, 0.717) is 0 Å². The van der Waals surface area contributed by atoms with Crippen molar-refractivity contribution in [3.8, 4) is 6.07 Å². The number of hydrogen-bond donors (Lipinski definition) is 0. The molecule has 0 aliphatic rings. The van der Waals surface area contributed by atoms with Crippen LogP contribution < -0.4 is 0 Å². The molecule has 0 rings (SSSR count). The molecule has 0 radical (unpaired) electrons. The lowest BCUT2D eigenvalue weighted by atomic mass is 10.2. The van der Waals surface area contributed by atoms with Gasteiger partial charge in [-0.05, 0) is 31.1 Å². The van der Waals surface area contributed by atoms with Crippen molar-refractivity contribution in [2.75, 3.05) is 0 Å². The summed E-state index contributed by atoms with van der Waals surface area (Å²) in [5.74, 6) is -0.0697. The Morgan fingerprint density at radius 1 is 1.36 bits per heavy atom. The Morgan fingerprint density at radius 3 is 2.21 bits per heavy atom. The Bertz CT molecular complexity index is 245. The largest absolute Gasteiger partial charge is 0.549 e. The Balaban J connectivity index is 4.28. The zero-order chi connectivity index (χ0) is 11.4. The molecule has 0 amide bonds. The molecule has 0 fully saturated rings. The number of nitrogens with zero attached hydrogens (tertiary/aromatic N) is 1. The maximum atomic E-state index is 8.58. The monoisotopic (exact) mass is 211 g/mol. The standard InChI is InChI=1S/C11H21NOSi/c1-10(9-12)7-8-13-14(5,6)11(2,3)4/h7-8,10H,1-6H3/b8-7-. The van der Waals surface area contributed by atoms with Gasteiger partial charge in [0.25, 0.3) is 0 Å². The smallest absolute Gasteiger partial charge is 0.249 e. The quantitative estimate of drug-likeness (QED) is 0.527. The summed E-state index contributed by atoms with van der Waals surface area (Å²) < 4.78 is 5.77. The van der Waals surface area contributed by atoms with Gasteiger partial charge in [0.1, 0.15) is 0 Å². The van der Waals surface area contributed by atoms with Crippen LogP contribution in [0.2, 0.25) is 18.1 Å². The fraction of sp³-hybridized carbons (Fsp3) is 0.727. The third-order valence-corrected chi connectivity index (χ3v) is 7.08. The van der Waals surface area contributed by atoms with Gasteiger partial charge in [-0.25, -0.2) is 0 Å². The third-order valence-electron chi connectivity index (χ3n) is 2.74. The van der Waals surface area contributed by atoms with Crippen LogP contribution in [-0.2, 0) is 4.43 Å². The molecule has 0 aliphatic carbocycles. The van der Waals surface area contributed by atoms with Gasteiger partial charge in [-0.2, -0.15) is 5.26 Å². The lowest BCUT2D eigenvalue weighted by Gasteiger charge is -2.35. The molecule has 0 spiro atoms. The van der Waals surface area contributed by atoms with Gasteiger partial charge in [0.05, 0.1) is 18.2 Å². The van der Waals surface area contributed by atoms with E-state index in [1.54, 1.807) is 12.3 Å². The second-order valence-electron chi connectivity index (χ2n) is 5.12. The maximum Gasteiger partial charge on any atom is 0.249 e. The van der Waals surface area contributed by atoms with Gasteiger partial charge in [-0.1, -0.05) is 20.8 Å². The van der Waals surface area contributed by atoms with Crippen molar-refractivity contribution in [2.24, 2.45) is 5.92 Å². The minimum Gasteiger partial charge on any atom is -0.549 e. The molecule has 0 aliphatic heterocycles. The van der Waals surface area contributed by atoms with Crippen LogP contribution in [0.5, 0.6) is 0 Å². The van der Waals surface area contributed by atoms with Crippen LogP contribution in [0, 0.1) is 17.2 Å². The van der Waals surface area contributed by atoms with E-state index in [9.17, 15) is 0 Å². The van der Waals surface area contributed by atoms with Crippen LogP contribution in [0.15, 0.2) is 12.3 Å². The molecule has 0 saturated carbocycles. The van der Waals surface area contributed by atoms with E-state index in [2.05, 4.69) is 39.9 Å². The molecule has 0 heterocycles. The first-order valence-electron chi connectivity index (χ1n) is 4.95. The van der Waals surface area contributed by atoms with E-state index in [1.165, 1.54) is 0 Å². The van der Waals surface area contributed by atoms with Crippen LogP contribution >= 0.6 is 0 Å². The molecule has 14 heavy (non-hydrogen) atoms. The van der Waals surface area contributed by atoms with Crippen molar-refractivity contribution in [1.29, 1.82) is 5.26 Å². The highest BCUT2D eigenvalue weighted by molar-refractivity contribution is 6.74. The van der Waals surface area contributed by atoms with Crippen LogP contribution in [0.3, 0.4) is 0 Å². The maximum absolute atomic E-state index is 8.58. The van der Waals surface area contributed by atoms with Crippen molar-refractivity contribution in [1.82, 2.24) is 0 Å². The molecule has 0 saturated heterocycles. The number of rotatable bonds is 3. The van der Waals surface area contributed by atoms with E-state index < -0.39 is 8.32 Å². The second kappa shape index (κ2) is 4.65. The van der Waals surface area contributed by atoms with E-state index in [4.69, 9.17) is 9.69 Å². The summed E-state index contributed by atoms with van der Waals surface area (Å²) in [4.78, 5) is 0. The lowest BCUT2D eigenvalue weighted by molar-refractivity contribution is 0.427. The Morgan fingerprint density at radius 2 is 1.86 bits per heavy atom. The number of allylic oxidation sites excluding steroid dienone is 1. The zero-order valence-corrected chi connectivity index (χ0v) is 11.1. The topological polar surface area (TPSA) is 33.0 Å². The van der Waals surface area contributed by atoms with Crippen molar-refractivity contribution in [3.05, 3.63) is 12.3 Å². The summed E-state index contributed by atoms with van der Waals surface area (Å²) in [6.07, 6.45) is 3.51. The SMILES string of the molecule is CC(C#N)/C=C\O[Si](C)(C)C(C)(C)C. The van der Waals surface area contributed by atoms with Gasteiger partial charge in [-0.3, -0.25) is 0 Å². The first-order chi connectivity index (χ1) is 6.20. The average Bonchev–Trinajstić information content (AvgIpc) is 2.01. The summed E-state index contributed by atoms with van der Waals surface area (Å²) in [5.41, 5.74) is 0. The lowest BCUT2D eigenvalue weighted by Crippen LogP contribution is -2.39. The predicted molar refractivity (Wildman–Crippen MR) is 62.2 cm³/mol. The van der Waals surface area contributed by atoms with Crippen molar-refractivity contribution in [3.63, 3.8) is 0 Å². The minimum atomic E-state index is -1.68. The molecule has 80 valence electrons. The van der Waals surface area contributed by atoms with E-state index >= 15 is 0 Å². The summed E-state index contributed by atoms with van der Waals surface area (Å²) in [6.45, 7) is 12.8. The third kappa shape index (κ3) is 3.97. The van der Waals surface area contributed by atoms with Crippen molar-refractivity contribution in [2.45, 2.75) is 45.8 Å². The summed E-state index contributed by atoms with van der Waals surface area (Å²) in [5, 5.41) is 8.79. The molecule has 0 aromatic rings. The summed E-state index contributed by atoms with van der Waals surface area (Å²) >= 11 is 0. The molecule has 0 N–H and O–H groups in total. The van der Waals surface area contributed by atoms with Gasteiger partial charge < -0.3 is 4.43 Å². The number of nitriles is 1. The van der Waals surface area contributed by atoms with Gasteiger partial charge in [0.2, 0.25) is 8.32 Å². The summed E-state index contributed by atoms with van der Waals surface area (Å²) in [7, 11) is -1.68. The second-order valence-corrected chi connectivity index (χ2v) is 9.88. The zero-order valence-electron chi connectivity index (χ0n) is 10.1. The van der Waals surface area contributed by atoms with Crippen LogP contribution in [0.1, 0.15) is 27.7 Å². The molecular weight excluding hydrogens is 190 g/mol. The Kier molecular flexibility index (Phi) is 4.40. The highest BCUT2D eigenvalue weighted by Gasteiger charge is 2.37. The first kappa shape index (κ1) is 13.2. The van der Waals surface area contributed by atoms with Gasteiger partial charge in [0, 0.05) is 0 Å². The molecular formula is C11H21NOSi. The molecule has 0 aromatic heterocycles. The Labute approximate surface area is 88.7 Å². The molecule has 2 nitrogen and oxygen atoms in total. The molecule has 1 unspecified atom stereocenters. The highest BCUT2D eigenvalue weighted by atomic mass is 28.4. The van der Waals surface area contributed by atoms with Gasteiger partial charge >= 0.3 is 0 Å². The molecule has 0 bridgehead atoms. The van der Waals surface area contributed by atoms with Crippen LogP contribution in [0.25, 0.3) is 0 Å². The van der Waals surface area contributed by atoms with Gasteiger partial charge in [-0.15, -0.1) is 0 Å². The summed E-state index contributed by atoms with van der Waals surface area (Å²) in [6, 6.07) is 2.14. The molecule has 1 atom stereocenters. The van der Waals surface area contributed by atoms with Gasteiger partial charge in [0.15, 0.2) is 0 Å². The highest BCUT2D eigenvalue weighted by Crippen LogP contribution is 2.36. The number of hydrogen-bond acceptors (Lipinski definition) is 2. The Hall–Kier alpha value is -0.753. The minimum absolute atomic E-state index is 0.0697. The fourth-order valence-corrected chi connectivity index (χ4v) is 1.32. The van der Waals surface area contributed by atoms with E-state index in [1.807, 2.05) is 6.92 Å². The predicted octanol–water partition coefficient (Wildman–Crippen LogP) is 3.68. The normalized spacial score (nSPS) is 15.2. The van der Waals surface area contributed by atoms with E-state index in [0.717, 1.165) is 0 Å². The van der Waals surface area contributed by atoms with E-state index in [-0.39, 0.29) is 11.0 Å².